The zero-order chi connectivity index (χ0) is 18.5. The van der Waals surface area contributed by atoms with Gasteiger partial charge in [-0.25, -0.2) is 4.68 Å². The first-order valence-corrected chi connectivity index (χ1v) is 8.99. The number of aromatic nitrogens is 3. The van der Waals surface area contributed by atoms with E-state index in [-0.39, 0.29) is 5.91 Å². The van der Waals surface area contributed by atoms with Gasteiger partial charge in [0.1, 0.15) is 0 Å². The lowest BCUT2D eigenvalue weighted by Crippen LogP contribution is -2.24. The number of carbonyl (C=O) groups excluding carboxylic acids is 1. The first-order valence-electron chi connectivity index (χ1n) is 8.99. The van der Waals surface area contributed by atoms with E-state index in [1.807, 2.05) is 35.9 Å². The minimum Gasteiger partial charge on any atom is -0.348 e. The van der Waals surface area contributed by atoms with Crippen molar-refractivity contribution in [3.05, 3.63) is 76.9 Å². The predicted molar refractivity (Wildman–Crippen MR) is 102 cm³/mol. The third-order valence-electron chi connectivity index (χ3n) is 4.40. The minimum atomic E-state index is -0.0825. The zero-order valence-corrected chi connectivity index (χ0v) is 15.5. The fourth-order valence-corrected chi connectivity index (χ4v) is 3.01. The molecule has 3 aromatic rings. The van der Waals surface area contributed by atoms with Gasteiger partial charge in [0, 0.05) is 18.9 Å². The highest BCUT2D eigenvalue weighted by molar-refractivity contribution is 5.96. The van der Waals surface area contributed by atoms with Gasteiger partial charge in [-0.3, -0.25) is 9.78 Å². The third-order valence-corrected chi connectivity index (χ3v) is 4.40. The minimum absolute atomic E-state index is 0.0825. The van der Waals surface area contributed by atoms with E-state index >= 15 is 0 Å². The average molecular weight is 348 g/mol. The van der Waals surface area contributed by atoms with Crippen molar-refractivity contribution in [2.24, 2.45) is 0 Å². The van der Waals surface area contributed by atoms with Crippen LogP contribution in [0.15, 0.2) is 48.8 Å². The average Bonchev–Trinajstić information content (AvgIpc) is 3.06. The van der Waals surface area contributed by atoms with Crippen LogP contribution >= 0.6 is 0 Å². The van der Waals surface area contributed by atoms with Gasteiger partial charge >= 0.3 is 0 Å². The molecular formula is C21H24N4O. The standard InChI is InChI=1S/C21H24N4O/c1-4-18-20(21(26)23-14-16-7-6-12-22-13-16)19(5-2)25(24-18)17-10-8-15(3)9-11-17/h6-13H,4-5,14H2,1-3H3,(H,23,26). The molecule has 1 N–H and O–H groups in total. The van der Waals surface area contributed by atoms with Crippen molar-refractivity contribution in [2.75, 3.05) is 0 Å². The van der Waals surface area contributed by atoms with Gasteiger partial charge in [-0.05, 0) is 43.5 Å². The molecular weight excluding hydrogens is 324 g/mol. The van der Waals surface area contributed by atoms with Gasteiger partial charge in [0.2, 0.25) is 0 Å². The van der Waals surface area contributed by atoms with Crippen molar-refractivity contribution >= 4 is 5.91 Å². The van der Waals surface area contributed by atoms with Crippen LogP contribution in [0.5, 0.6) is 0 Å². The molecule has 0 unspecified atom stereocenters. The van der Waals surface area contributed by atoms with Crippen LogP contribution < -0.4 is 5.32 Å². The number of nitrogens with one attached hydrogen (secondary N) is 1. The van der Waals surface area contributed by atoms with Gasteiger partial charge in [0.05, 0.1) is 22.6 Å². The number of benzene rings is 1. The molecule has 5 heteroatoms. The van der Waals surface area contributed by atoms with Crippen molar-refractivity contribution in [2.45, 2.75) is 40.2 Å². The number of rotatable bonds is 6. The van der Waals surface area contributed by atoms with Crippen LogP contribution in [0.2, 0.25) is 0 Å². The normalized spacial score (nSPS) is 10.7. The molecule has 0 bridgehead atoms. The lowest BCUT2D eigenvalue weighted by Gasteiger charge is -2.09. The number of nitrogens with zero attached hydrogens (tertiary/aromatic N) is 3. The van der Waals surface area contributed by atoms with Gasteiger partial charge in [-0.2, -0.15) is 5.10 Å². The molecule has 0 aliphatic rings. The van der Waals surface area contributed by atoms with Crippen molar-refractivity contribution in [1.82, 2.24) is 20.1 Å². The SMILES string of the molecule is CCc1nn(-c2ccc(C)cc2)c(CC)c1C(=O)NCc1cccnc1. The van der Waals surface area contributed by atoms with E-state index in [1.165, 1.54) is 5.56 Å². The predicted octanol–water partition coefficient (Wildman–Crippen LogP) is 3.63. The summed E-state index contributed by atoms with van der Waals surface area (Å²) in [7, 11) is 0. The second-order valence-electron chi connectivity index (χ2n) is 6.27. The van der Waals surface area contributed by atoms with Gasteiger partial charge in [-0.1, -0.05) is 37.6 Å². The summed E-state index contributed by atoms with van der Waals surface area (Å²) >= 11 is 0. The Hall–Kier alpha value is -2.95. The van der Waals surface area contributed by atoms with Crippen LogP contribution in [0.4, 0.5) is 0 Å². The number of aryl methyl sites for hydroxylation is 2. The first-order chi connectivity index (χ1) is 12.6. The Morgan fingerprint density at radius 1 is 1.12 bits per heavy atom. The molecule has 0 fully saturated rings. The molecule has 134 valence electrons. The van der Waals surface area contributed by atoms with Gasteiger partial charge in [0.15, 0.2) is 0 Å². The quantitative estimate of drug-likeness (QED) is 0.740. The molecule has 2 aromatic heterocycles. The van der Waals surface area contributed by atoms with Crippen molar-refractivity contribution in [3.8, 4) is 5.69 Å². The molecule has 2 heterocycles. The summed E-state index contributed by atoms with van der Waals surface area (Å²) in [6.07, 6.45) is 4.93. The van der Waals surface area contributed by atoms with E-state index < -0.39 is 0 Å². The van der Waals surface area contributed by atoms with Crippen molar-refractivity contribution in [3.63, 3.8) is 0 Å². The summed E-state index contributed by atoms with van der Waals surface area (Å²) in [6, 6.07) is 12.0. The second-order valence-corrected chi connectivity index (χ2v) is 6.27. The highest BCUT2D eigenvalue weighted by Crippen LogP contribution is 2.21. The van der Waals surface area contributed by atoms with Crippen LogP contribution in [-0.2, 0) is 19.4 Å². The number of amides is 1. The van der Waals surface area contributed by atoms with Crippen LogP contribution in [0.3, 0.4) is 0 Å². The van der Waals surface area contributed by atoms with Crippen LogP contribution in [-0.4, -0.2) is 20.7 Å². The van der Waals surface area contributed by atoms with Crippen molar-refractivity contribution in [1.29, 1.82) is 0 Å². The highest BCUT2D eigenvalue weighted by atomic mass is 16.1. The Balaban J connectivity index is 1.92. The first kappa shape index (κ1) is 17.9. The number of pyridine rings is 1. The Bertz CT molecular complexity index is 882. The van der Waals surface area contributed by atoms with E-state index in [4.69, 9.17) is 5.10 Å². The number of hydrogen-bond donors (Lipinski definition) is 1. The molecule has 1 amide bonds. The smallest absolute Gasteiger partial charge is 0.255 e. The summed E-state index contributed by atoms with van der Waals surface area (Å²) in [5, 5.41) is 7.73. The summed E-state index contributed by atoms with van der Waals surface area (Å²) in [4.78, 5) is 17.0. The summed E-state index contributed by atoms with van der Waals surface area (Å²) in [5.41, 5.74) is 5.61. The molecule has 0 spiro atoms. The fraction of sp³-hybridized carbons (Fsp3) is 0.286. The summed E-state index contributed by atoms with van der Waals surface area (Å²) in [6.45, 7) is 6.59. The molecule has 0 saturated carbocycles. The zero-order valence-electron chi connectivity index (χ0n) is 15.5. The summed E-state index contributed by atoms with van der Waals surface area (Å²) < 4.78 is 1.90. The second kappa shape index (κ2) is 7.95. The fourth-order valence-electron chi connectivity index (χ4n) is 3.01. The van der Waals surface area contributed by atoms with E-state index in [1.54, 1.807) is 12.4 Å². The molecule has 1 aromatic carbocycles. The van der Waals surface area contributed by atoms with Crippen LogP contribution in [0, 0.1) is 6.92 Å². The van der Waals surface area contributed by atoms with Gasteiger partial charge in [0.25, 0.3) is 5.91 Å². The van der Waals surface area contributed by atoms with E-state index in [2.05, 4.69) is 36.3 Å². The molecule has 0 aliphatic carbocycles. The Morgan fingerprint density at radius 3 is 2.50 bits per heavy atom. The molecule has 0 radical (unpaired) electrons. The monoisotopic (exact) mass is 348 g/mol. The number of carbonyl (C=O) groups is 1. The highest BCUT2D eigenvalue weighted by Gasteiger charge is 2.22. The topological polar surface area (TPSA) is 59.8 Å². The van der Waals surface area contributed by atoms with E-state index in [0.29, 0.717) is 18.5 Å². The maximum Gasteiger partial charge on any atom is 0.255 e. The van der Waals surface area contributed by atoms with Crippen molar-refractivity contribution < 1.29 is 4.79 Å². The van der Waals surface area contributed by atoms with Crippen LogP contribution in [0.1, 0.15) is 46.7 Å². The maximum absolute atomic E-state index is 12.9. The van der Waals surface area contributed by atoms with E-state index in [0.717, 1.165) is 29.1 Å². The van der Waals surface area contributed by atoms with Crippen LogP contribution in [0.25, 0.3) is 5.69 Å². The molecule has 0 atom stereocenters. The third kappa shape index (κ3) is 3.67. The molecule has 5 nitrogen and oxygen atoms in total. The van der Waals surface area contributed by atoms with Gasteiger partial charge in [-0.15, -0.1) is 0 Å². The lowest BCUT2D eigenvalue weighted by molar-refractivity contribution is 0.0949. The molecule has 3 rings (SSSR count). The lowest BCUT2D eigenvalue weighted by atomic mass is 10.1. The molecule has 0 saturated heterocycles. The largest absolute Gasteiger partial charge is 0.348 e. The Kier molecular flexibility index (Phi) is 5.46. The van der Waals surface area contributed by atoms with E-state index in [9.17, 15) is 4.79 Å². The Labute approximate surface area is 154 Å². The summed E-state index contributed by atoms with van der Waals surface area (Å²) in [5.74, 6) is -0.0825. The molecule has 0 aliphatic heterocycles. The Morgan fingerprint density at radius 2 is 1.88 bits per heavy atom. The molecule has 26 heavy (non-hydrogen) atoms. The number of hydrogen-bond acceptors (Lipinski definition) is 3. The van der Waals surface area contributed by atoms with Gasteiger partial charge < -0.3 is 5.32 Å². The maximum atomic E-state index is 12.9.